The van der Waals surface area contributed by atoms with Gasteiger partial charge in [0, 0.05) is 43.7 Å². The van der Waals surface area contributed by atoms with Crippen LogP contribution in [0.4, 0.5) is 9.18 Å². The third-order valence-electron chi connectivity index (χ3n) is 6.39. The van der Waals surface area contributed by atoms with Gasteiger partial charge in [-0.05, 0) is 38.5 Å². The summed E-state index contributed by atoms with van der Waals surface area (Å²) in [6.07, 6.45) is 0.128. The highest BCUT2D eigenvalue weighted by molar-refractivity contribution is 6.04. The summed E-state index contributed by atoms with van der Waals surface area (Å²) in [6.45, 7) is 8.44. The molecule has 2 aliphatic rings. The van der Waals surface area contributed by atoms with Gasteiger partial charge in [0.15, 0.2) is 0 Å². The second-order valence-electron chi connectivity index (χ2n) is 8.81. The molecule has 1 saturated heterocycles. The highest BCUT2D eigenvalue weighted by atomic mass is 19.1. The van der Waals surface area contributed by atoms with Gasteiger partial charge in [-0.2, -0.15) is 5.10 Å². The number of nitrogens with zero attached hydrogens (tertiary/aromatic N) is 4. The highest BCUT2D eigenvalue weighted by Crippen LogP contribution is 2.35. The zero-order valence-corrected chi connectivity index (χ0v) is 20.0. The molecule has 7 nitrogen and oxygen atoms in total. The molecule has 0 bridgehead atoms. The Morgan fingerprint density at radius 3 is 2.53 bits per heavy atom. The lowest BCUT2D eigenvalue weighted by molar-refractivity contribution is -0.134. The van der Waals surface area contributed by atoms with Crippen molar-refractivity contribution < 1.29 is 18.7 Å². The molecule has 2 aliphatic heterocycles. The predicted molar refractivity (Wildman–Crippen MR) is 128 cm³/mol. The number of amides is 2. The molecule has 8 heteroatoms. The van der Waals surface area contributed by atoms with Gasteiger partial charge < -0.3 is 9.64 Å². The number of halogens is 1. The van der Waals surface area contributed by atoms with Crippen LogP contribution in [0.3, 0.4) is 0 Å². The second-order valence-corrected chi connectivity index (χ2v) is 8.81. The molecule has 0 aliphatic carbocycles. The Bertz CT molecular complexity index is 1100. The Morgan fingerprint density at radius 1 is 1.09 bits per heavy atom. The molecule has 2 amide bonds. The quantitative estimate of drug-likeness (QED) is 0.671. The zero-order chi connectivity index (χ0) is 24.2. The van der Waals surface area contributed by atoms with Crippen molar-refractivity contribution in [2.75, 3.05) is 39.3 Å². The molecule has 0 spiro atoms. The standard InChI is InChI=1S/C26H31FN4O3/c1-4-34-26(33)30-13-11-29(12-14-30)17-25(32)31-24(20-7-5-6-8-22(20)27)16-23(28-31)21-15-18(2)9-10-19(21)3/h5-10,15,24H,4,11-14,16-17H2,1-3H3/t24-/m0/s1. The minimum absolute atomic E-state index is 0.158. The second kappa shape index (κ2) is 10.3. The molecule has 0 aromatic heterocycles. The Hall–Kier alpha value is -3.26. The van der Waals surface area contributed by atoms with Crippen LogP contribution in [-0.4, -0.2) is 71.9 Å². The van der Waals surface area contributed by atoms with Gasteiger partial charge in [-0.25, -0.2) is 14.2 Å². The van der Waals surface area contributed by atoms with Crippen LogP contribution in [0, 0.1) is 19.7 Å². The van der Waals surface area contributed by atoms with Gasteiger partial charge in [-0.1, -0.05) is 35.9 Å². The van der Waals surface area contributed by atoms with Crippen LogP contribution in [0.1, 0.15) is 41.6 Å². The lowest BCUT2D eigenvalue weighted by atomic mass is 9.95. The predicted octanol–water partition coefficient (Wildman–Crippen LogP) is 3.89. The van der Waals surface area contributed by atoms with Crippen LogP contribution < -0.4 is 0 Å². The van der Waals surface area contributed by atoms with Gasteiger partial charge in [0.2, 0.25) is 0 Å². The Balaban J connectivity index is 1.53. The smallest absolute Gasteiger partial charge is 0.409 e. The summed E-state index contributed by atoms with van der Waals surface area (Å²) in [5.41, 5.74) is 4.41. The van der Waals surface area contributed by atoms with Crippen molar-refractivity contribution in [3.8, 4) is 0 Å². The summed E-state index contributed by atoms with van der Waals surface area (Å²) in [5.74, 6) is -0.524. The molecule has 34 heavy (non-hydrogen) atoms. The molecule has 2 aromatic rings. The third-order valence-corrected chi connectivity index (χ3v) is 6.39. The maximum atomic E-state index is 14.7. The minimum atomic E-state index is -0.496. The SMILES string of the molecule is CCOC(=O)N1CCN(CC(=O)N2N=C(c3cc(C)ccc3C)C[C@H]2c2ccccc2F)CC1. The number of hydrogen-bond acceptors (Lipinski definition) is 5. The summed E-state index contributed by atoms with van der Waals surface area (Å²) in [6, 6.07) is 12.2. The van der Waals surface area contributed by atoms with Crippen molar-refractivity contribution in [3.63, 3.8) is 0 Å². The Labute approximate surface area is 199 Å². The maximum Gasteiger partial charge on any atom is 0.409 e. The first kappa shape index (κ1) is 23.9. The molecule has 1 fully saturated rings. The van der Waals surface area contributed by atoms with Crippen molar-refractivity contribution in [1.29, 1.82) is 0 Å². The van der Waals surface area contributed by atoms with Gasteiger partial charge in [0.05, 0.1) is 24.9 Å². The van der Waals surface area contributed by atoms with E-state index in [1.165, 1.54) is 11.1 Å². The molecule has 0 N–H and O–H groups in total. The van der Waals surface area contributed by atoms with Gasteiger partial charge in [-0.15, -0.1) is 0 Å². The molecule has 4 rings (SSSR count). The monoisotopic (exact) mass is 466 g/mol. The van der Waals surface area contributed by atoms with Gasteiger partial charge in [0.1, 0.15) is 5.82 Å². The minimum Gasteiger partial charge on any atom is -0.450 e. The van der Waals surface area contributed by atoms with E-state index in [4.69, 9.17) is 9.84 Å². The van der Waals surface area contributed by atoms with E-state index < -0.39 is 6.04 Å². The average molecular weight is 467 g/mol. The number of carbonyl (C=O) groups is 2. The van der Waals surface area contributed by atoms with Crippen LogP contribution in [0.25, 0.3) is 0 Å². The van der Waals surface area contributed by atoms with Crippen LogP contribution >= 0.6 is 0 Å². The van der Waals surface area contributed by atoms with Crippen molar-refractivity contribution in [1.82, 2.24) is 14.8 Å². The molecule has 0 saturated carbocycles. The fourth-order valence-electron chi connectivity index (χ4n) is 4.50. The summed E-state index contributed by atoms with van der Waals surface area (Å²) < 4.78 is 19.8. The van der Waals surface area contributed by atoms with Crippen LogP contribution in [0.2, 0.25) is 0 Å². The first-order valence-electron chi connectivity index (χ1n) is 11.7. The molecular formula is C26H31FN4O3. The molecule has 2 aromatic carbocycles. The number of ether oxygens (including phenoxy) is 1. The van der Waals surface area contributed by atoms with Gasteiger partial charge in [-0.3, -0.25) is 9.69 Å². The fourth-order valence-corrected chi connectivity index (χ4v) is 4.50. The number of hydrazone groups is 1. The largest absolute Gasteiger partial charge is 0.450 e. The summed E-state index contributed by atoms with van der Waals surface area (Å²) >= 11 is 0. The molecule has 0 unspecified atom stereocenters. The molecule has 2 heterocycles. The van der Waals surface area contributed by atoms with E-state index in [0.29, 0.717) is 44.8 Å². The van der Waals surface area contributed by atoms with Gasteiger partial charge in [0.25, 0.3) is 5.91 Å². The summed E-state index contributed by atoms with van der Waals surface area (Å²) in [4.78, 5) is 29.0. The average Bonchev–Trinajstić information content (AvgIpc) is 3.27. The van der Waals surface area contributed by atoms with E-state index in [2.05, 4.69) is 6.07 Å². The van der Waals surface area contributed by atoms with Crippen LogP contribution in [0.5, 0.6) is 0 Å². The van der Waals surface area contributed by atoms with E-state index in [1.807, 2.05) is 30.9 Å². The molecule has 0 radical (unpaired) electrons. The number of aryl methyl sites for hydroxylation is 2. The first-order chi connectivity index (χ1) is 16.4. The number of rotatable bonds is 5. The van der Waals surface area contributed by atoms with Crippen LogP contribution in [0.15, 0.2) is 47.6 Å². The third kappa shape index (κ3) is 5.12. The summed E-state index contributed by atoms with van der Waals surface area (Å²) in [5, 5.41) is 6.17. The zero-order valence-electron chi connectivity index (χ0n) is 20.0. The number of benzene rings is 2. The molecule has 1 atom stereocenters. The molecular weight excluding hydrogens is 435 g/mol. The van der Waals surface area contributed by atoms with E-state index in [1.54, 1.807) is 30.0 Å². The topological polar surface area (TPSA) is 65.5 Å². The van der Waals surface area contributed by atoms with E-state index in [-0.39, 0.29) is 24.4 Å². The highest BCUT2D eigenvalue weighted by Gasteiger charge is 2.36. The van der Waals surface area contributed by atoms with Crippen molar-refractivity contribution in [2.45, 2.75) is 33.2 Å². The normalized spacial score (nSPS) is 18.7. The number of piperazine rings is 1. The van der Waals surface area contributed by atoms with Crippen molar-refractivity contribution in [2.24, 2.45) is 5.10 Å². The number of carbonyl (C=O) groups excluding carboxylic acids is 2. The summed E-state index contributed by atoms with van der Waals surface area (Å²) in [7, 11) is 0. The first-order valence-corrected chi connectivity index (χ1v) is 11.7. The van der Waals surface area contributed by atoms with E-state index >= 15 is 0 Å². The number of hydrogen-bond donors (Lipinski definition) is 0. The lowest BCUT2D eigenvalue weighted by Gasteiger charge is -2.34. The maximum absolute atomic E-state index is 14.7. The fraction of sp³-hybridized carbons (Fsp3) is 0.423. The Morgan fingerprint density at radius 2 is 1.82 bits per heavy atom. The van der Waals surface area contributed by atoms with Gasteiger partial charge >= 0.3 is 6.09 Å². The Kier molecular flexibility index (Phi) is 7.26. The lowest BCUT2D eigenvalue weighted by Crippen LogP contribution is -2.51. The molecule has 180 valence electrons. The van der Waals surface area contributed by atoms with E-state index in [0.717, 1.165) is 22.4 Å². The van der Waals surface area contributed by atoms with Crippen molar-refractivity contribution >= 4 is 17.7 Å². The van der Waals surface area contributed by atoms with E-state index in [9.17, 15) is 14.0 Å². The van der Waals surface area contributed by atoms with Crippen LogP contribution in [-0.2, 0) is 9.53 Å². The van der Waals surface area contributed by atoms with Crippen molar-refractivity contribution in [3.05, 3.63) is 70.5 Å².